The molecule has 1 fully saturated rings. The fourth-order valence-electron chi connectivity index (χ4n) is 3.59. The van der Waals surface area contributed by atoms with Crippen molar-refractivity contribution in [3.8, 4) is 11.3 Å². The van der Waals surface area contributed by atoms with E-state index in [0.717, 1.165) is 26.1 Å². The van der Waals surface area contributed by atoms with Crippen molar-refractivity contribution in [1.82, 2.24) is 10.1 Å². The van der Waals surface area contributed by atoms with Crippen molar-refractivity contribution >= 4 is 29.4 Å². The van der Waals surface area contributed by atoms with E-state index in [0.29, 0.717) is 28.5 Å². The van der Waals surface area contributed by atoms with Gasteiger partial charge in [-0.25, -0.2) is 9.59 Å². The van der Waals surface area contributed by atoms with Crippen molar-refractivity contribution in [2.24, 2.45) is 0 Å². The lowest BCUT2D eigenvalue weighted by molar-refractivity contribution is -0.192. The minimum Gasteiger partial charge on any atom is -0.477 e. The van der Waals surface area contributed by atoms with E-state index >= 15 is 0 Å². The third kappa shape index (κ3) is 6.61. The molecule has 0 spiro atoms. The second-order valence-corrected chi connectivity index (χ2v) is 8.10. The summed E-state index contributed by atoms with van der Waals surface area (Å²) < 4.78 is 37.2. The van der Waals surface area contributed by atoms with Gasteiger partial charge in [-0.15, -0.1) is 0 Å². The van der Waals surface area contributed by atoms with Crippen molar-refractivity contribution in [2.75, 3.05) is 24.5 Å². The van der Waals surface area contributed by atoms with Crippen LogP contribution >= 0.6 is 11.6 Å². The average molecular weight is 492 g/mol. The SMILES string of the molecule is CCC1CN(c2noc(-c3ccc(Cl)cc3)c2C(=O)O)CCN1C(C)C.O=C(O)C(F)(F)F. The Hall–Kier alpha value is -2.79. The predicted molar refractivity (Wildman–Crippen MR) is 116 cm³/mol. The van der Waals surface area contributed by atoms with Gasteiger partial charge >= 0.3 is 18.1 Å². The molecule has 2 aromatic rings. The summed E-state index contributed by atoms with van der Waals surface area (Å²) in [5.41, 5.74) is 0.763. The Balaban J connectivity index is 0.000000479. The highest BCUT2D eigenvalue weighted by Crippen LogP contribution is 2.33. The predicted octanol–water partition coefficient (Wildman–Crippen LogP) is 4.64. The number of aliphatic carboxylic acids is 1. The minimum atomic E-state index is -5.08. The van der Waals surface area contributed by atoms with Crippen LogP contribution in [0.5, 0.6) is 0 Å². The number of aromatic nitrogens is 1. The number of rotatable bonds is 5. The first kappa shape index (κ1) is 26.5. The molecule has 1 aliphatic rings. The molecule has 0 saturated carbocycles. The molecule has 0 aliphatic carbocycles. The molecule has 0 bridgehead atoms. The fraction of sp³-hybridized carbons (Fsp3) is 0.476. The van der Waals surface area contributed by atoms with Crippen LogP contribution in [-0.4, -0.2) is 70.1 Å². The maximum Gasteiger partial charge on any atom is 0.490 e. The monoisotopic (exact) mass is 491 g/mol. The lowest BCUT2D eigenvalue weighted by atomic mass is 10.0. The summed E-state index contributed by atoms with van der Waals surface area (Å²) in [5.74, 6) is -3.12. The topological polar surface area (TPSA) is 107 Å². The number of carbonyl (C=O) groups is 2. The van der Waals surface area contributed by atoms with Gasteiger partial charge in [-0.1, -0.05) is 23.7 Å². The van der Waals surface area contributed by atoms with E-state index in [4.69, 9.17) is 26.0 Å². The minimum absolute atomic E-state index is 0.111. The molecule has 33 heavy (non-hydrogen) atoms. The maximum atomic E-state index is 11.9. The van der Waals surface area contributed by atoms with Crippen LogP contribution in [-0.2, 0) is 4.79 Å². The Bertz CT molecular complexity index is 963. The van der Waals surface area contributed by atoms with Gasteiger partial charge in [0.05, 0.1) is 0 Å². The van der Waals surface area contributed by atoms with E-state index < -0.39 is 18.1 Å². The first-order valence-corrected chi connectivity index (χ1v) is 10.5. The first-order chi connectivity index (χ1) is 15.4. The van der Waals surface area contributed by atoms with Gasteiger partial charge in [-0.05, 0) is 44.5 Å². The van der Waals surface area contributed by atoms with Crippen LogP contribution in [0.2, 0.25) is 5.02 Å². The number of benzene rings is 1. The maximum absolute atomic E-state index is 11.9. The molecule has 12 heteroatoms. The summed E-state index contributed by atoms with van der Waals surface area (Å²) in [5, 5.41) is 21.6. The van der Waals surface area contributed by atoms with Gasteiger partial charge in [0.1, 0.15) is 0 Å². The normalized spacial score (nSPS) is 17.0. The van der Waals surface area contributed by atoms with Crippen molar-refractivity contribution < 1.29 is 37.5 Å². The zero-order valence-corrected chi connectivity index (χ0v) is 19.0. The summed E-state index contributed by atoms with van der Waals surface area (Å²) in [6, 6.07) is 7.72. The number of piperazine rings is 1. The van der Waals surface area contributed by atoms with Crippen LogP contribution in [0.4, 0.5) is 19.0 Å². The zero-order valence-electron chi connectivity index (χ0n) is 18.3. The quantitative estimate of drug-likeness (QED) is 0.623. The molecule has 2 heterocycles. The molecule has 182 valence electrons. The molecule has 0 amide bonds. The number of hydrogen-bond acceptors (Lipinski definition) is 6. The Morgan fingerprint density at radius 2 is 1.79 bits per heavy atom. The van der Waals surface area contributed by atoms with E-state index in [2.05, 4.69) is 30.8 Å². The van der Waals surface area contributed by atoms with Gasteiger partial charge in [0.25, 0.3) is 0 Å². The van der Waals surface area contributed by atoms with Crippen LogP contribution in [0.25, 0.3) is 11.3 Å². The zero-order chi connectivity index (χ0) is 24.9. The third-order valence-corrected chi connectivity index (χ3v) is 5.45. The summed E-state index contributed by atoms with van der Waals surface area (Å²) in [6.45, 7) is 8.87. The van der Waals surface area contributed by atoms with Crippen molar-refractivity contribution in [2.45, 2.75) is 45.5 Å². The summed E-state index contributed by atoms with van der Waals surface area (Å²) in [7, 11) is 0. The molecule has 1 aliphatic heterocycles. The first-order valence-electron chi connectivity index (χ1n) is 10.2. The summed E-state index contributed by atoms with van der Waals surface area (Å²) in [6.07, 6.45) is -4.08. The van der Waals surface area contributed by atoms with Crippen LogP contribution < -0.4 is 4.90 Å². The van der Waals surface area contributed by atoms with E-state index in [-0.39, 0.29) is 11.3 Å². The van der Waals surface area contributed by atoms with Crippen molar-refractivity contribution in [3.05, 3.63) is 34.9 Å². The van der Waals surface area contributed by atoms with Gasteiger partial charge in [0, 0.05) is 42.3 Å². The molecule has 2 N–H and O–H groups in total. The number of anilines is 1. The molecule has 8 nitrogen and oxygen atoms in total. The van der Waals surface area contributed by atoms with Gasteiger partial charge in [0.2, 0.25) is 0 Å². The second-order valence-electron chi connectivity index (χ2n) is 7.66. The number of alkyl halides is 3. The number of aromatic carboxylic acids is 1. The van der Waals surface area contributed by atoms with E-state index in [1.807, 2.05) is 4.90 Å². The molecular weight excluding hydrogens is 467 g/mol. The van der Waals surface area contributed by atoms with Crippen LogP contribution in [0, 0.1) is 0 Å². The highest BCUT2D eigenvalue weighted by molar-refractivity contribution is 6.30. The number of nitrogens with zero attached hydrogens (tertiary/aromatic N) is 3. The number of halogens is 4. The molecule has 1 saturated heterocycles. The second kappa shape index (κ2) is 10.9. The lowest BCUT2D eigenvalue weighted by Gasteiger charge is -2.43. The van der Waals surface area contributed by atoms with Gasteiger partial charge in [-0.2, -0.15) is 13.2 Å². The number of carboxylic acids is 2. The van der Waals surface area contributed by atoms with Crippen molar-refractivity contribution in [1.29, 1.82) is 0 Å². The van der Waals surface area contributed by atoms with Crippen LogP contribution in [0.1, 0.15) is 37.6 Å². The largest absolute Gasteiger partial charge is 0.490 e. The Labute approximate surface area is 193 Å². The van der Waals surface area contributed by atoms with Crippen LogP contribution in [0.3, 0.4) is 0 Å². The Morgan fingerprint density at radius 1 is 1.21 bits per heavy atom. The Morgan fingerprint density at radius 3 is 2.24 bits per heavy atom. The average Bonchev–Trinajstić information content (AvgIpc) is 3.19. The lowest BCUT2D eigenvalue weighted by Crippen LogP contribution is -2.55. The van der Waals surface area contributed by atoms with Crippen LogP contribution in [0.15, 0.2) is 28.8 Å². The van der Waals surface area contributed by atoms with Gasteiger partial charge in [0.15, 0.2) is 17.1 Å². The fourth-order valence-corrected chi connectivity index (χ4v) is 3.72. The van der Waals surface area contributed by atoms with Gasteiger partial charge in [-0.3, -0.25) is 4.90 Å². The van der Waals surface area contributed by atoms with Gasteiger partial charge < -0.3 is 19.6 Å². The molecule has 0 radical (unpaired) electrons. The summed E-state index contributed by atoms with van der Waals surface area (Å²) in [4.78, 5) is 25.3. The molecule has 1 unspecified atom stereocenters. The number of hydrogen-bond donors (Lipinski definition) is 2. The molecule has 1 aromatic heterocycles. The smallest absolute Gasteiger partial charge is 0.477 e. The number of carboxylic acid groups (broad SMARTS) is 2. The standard InChI is InChI=1S/C19H24ClN3O3.C2HF3O2/c1-4-15-11-22(9-10-23(15)12(2)3)18-16(19(24)25)17(26-21-18)13-5-7-14(20)8-6-13;3-2(4,5)1(6)7/h5-8,12,15H,4,9-11H2,1-3H3,(H,24,25);(H,6,7). The molecule has 1 atom stereocenters. The highest BCUT2D eigenvalue weighted by atomic mass is 35.5. The van der Waals surface area contributed by atoms with E-state index in [9.17, 15) is 23.1 Å². The highest BCUT2D eigenvalue weighted by Gasteiger charge is 2.38. The third-order valence-electron chi connectivity index (χ3n) is 5.20. The van der Waals surface area contributed by atoms with E-state index in [1.165, 1.54) is 0 Å². The Kier molecular flexibility index (Phi) is 8.73. The van der Waals surface area contributed by atoms with Crippen molar-refractivity contribution in [3.63, 3.8) is 0 Å². The van der Waals surface area contributed by atoms with E-state index in [1.54, 1.807) is 24.3 Å². The molecule has 3 rings (SSSR count). The summed E-state index contributed by atoms with van der Waals surface area (Å²) >= 11 is 5.92. The molecular formula is C21H25ClF3N3O5. The molecule has 1 aromatic carbocycles.